The Morgan fingerprint density at radius 3 is 2.61 bits per heavy atom. The van der Waals surface area contributed by atoms with Gasteiger partial charge in [-0.15, -0.1) is 0 Å². The van der Waals surface area contributed by atoms with Gasteiger partial charge in [-0.05, 0) is 61.9 Å². The minimum Gasteiger partial charge on any atom is -0.337 e. The Kier molecular flexibility index (Phi) is 5.84. The van der Waals surface area contributed by atoms with Gasteiger partial charge in [-0.2, -0.15) is 5.26 Å². The number of benzene rings is 2. The molecule has 1 aliphatic rings. The van der Waals surface area contributed by atoms with E-state index in [2.05, 4.69) is 23.3 Å². The average Bonchev–Trinajstić information content (AvgIpc) is 3.64. The van der Waals surface area contributed by atoms with Crippen LogP contribution in [0.4, 0.5) is 0 Å². The third-order valence-corrected chi connectivity index (χ3v) is 6.64. The number of carbonyl (C=O) groups is 1. The Bertz CT molecular complexity index is 1230. The third-order valence-electron chi connectivity index (χ3n) is 5.71. The summed E-state index contributed by atoms with van der Waals surface area (Å²) in [5.74, 6) is 0.0405. The van der Waals surface area contributed by atoms with Crippen LogP contribution < -0.4 is 10.9 Å². The van der Waals surface area contributed by atoms with E-state index in [-0.39, 0.29) is 23.1 Å². The van der Waals surface area contributed by atoms with Crippen LogP contribution in [0.25, 0.3) is 16.6 Å². The molecule has 31 heavy (non-hydrogen) atoms. The van der Waals surface area contributed by atoms with Crippen LogP contribution in [0.1, 0.15) is 32.3 Å². The molecule has 0 radical (unpaired) electrons. The fraction of sp³-hybridized carbons (Fsp3) is 0.333. The van der Waals surface area contributed by atoms with Crippen LogP contribution in [0.5, 0.6) is 0 Å². The van der Waals surface area contributed by atoms with Gasteiger partial charge in [0.25, 0.3) is 5.56 Å². The Labute approximate surface area is 185 Å². The molecule has 1 aliphatic carbocycles. The zero-order valence-corrected chi connectivity index (χ0v) is 18.4. The second kappa shape index (κ2) is 8.56. The molecule has 4 rings (SSSR count). The molecule has 158 valence electrons. The average molecular weight is 433 g/mol. The van der Waals surface area contributed by atoms with E-state index in [0.29, 0.717) is 21.7 Å². The Morgan fingerprint density at radius 1 is 1.26 bits per heavy atom. The highest BCUT2D eigenvalue weighted by Gasteiger charge is 2.43. The number of para-hydroxylation sites is 1. The first-order valence-electron chi connectivity index (χ1n) is 10.4. The third kappa shape index (κ3) is 4.35. The summed E-state index contributed by atoms with van der Waals surface area (Å²) >= 11 is 1.20. The standard InChI is InChI=1S/C24H24N4O2S/c1-3-16-8-12-18(13-9-16)28-22(30)19-6-4-5-7-20(19)26-23(28)31-14-21(29)27-24(2,15-25)17-10-11-17/h4-9,12-13,17H,3,10-11,14H2,1-2H3,(H,27,29). The molecular weight excluding hydrogens is 408 g/mol. The van der Waals surface area contributed by atoms with Crippen LogP contribution in [0.15, 0.2) is 58.5 Å². The van der Waals surface area contributed by atoms with E-state index >= 15 is 0 Å². The van der Waals surface area contributed by atoms with Gasteiger partial charge in [0.1, 0.15) is 5.54 Å². The van der Waals surface area contributed by atoms with Crippen molar-refractivity contribution in [1.82, 2.24) is 14.9 Å². The summed E-state index contributed by atoms with van der Waals surface area (Å²) in [5, 5.41) is 13.3. The molecule has 3 aromatic rings. The van der Waals surface area contributed by atoms with Crippen LogP contribution >= 0.6 is 11.8 Å². The van der Waals surface area contributed by atoms with Gasteiger partial charge in [-0.1, -0.05) is 43.0 Å². The summed E-state index contributed by atoms with van der Waals surface area (Å²) in [5.41, 5.74) is 1.47. The molecule has 7 heteroatoms. The highest BCUT2D eigenvalue weighted by Crippen LogP contribution is 2.39. The van der Waals surface area contributed by atoms with Crippen molar-refractivity contribution in [2.45, 2.75) is 43.8 Å². The van der Waals surface area contributed by atoms with Crippen LogP contribution in [0.2, 0.25) is 0 Å². The van der Waals surface area contributed by atoms with E-state index in [0.717, 1.165) is 19.3 Å². The first-order chi connectivity index (χ1) is 14.9. The summed E-state index contributed by atoms with van der Waals surface area (Å²) < 4.78 is 1.56. The lowest BCUT2D eigenvalue weighted by Crippen LogP contribution is -2.47. The van der Waals surface area contributed by atoms with Crippen LogP contribution in [0, 0.1) is 17.2 Å². The summed E-state index contributed by atoms with van der Waals surface area (Å²) in [6.07, 6.45) is 2.82. The molecule has 1 fully saturated rings. The minimum absolute atomic E-state index is 0.0712. The number of aryl methyl sites for hydroxylation is 1. The van der Waals surface area contributed by atoms with Gasteiger partial charge < -0.3 is 5.32 Å². The molecule has 1 heterocycles. The summed E-state index contributed by atoms with van der Waals surface area (Å²) in [6.45, 7) is 3.85. The van der Waals surface area contributed by atoms with E-state index in [1.165, 1.54) is 17.3 Å². The molecule has 1 unspecified atom stereocenters. The Hall–Kier alpha value is -3.11. The van der Waals surface area contributed by atoms with E-state index in [1.54, 1.807) is 23.6 Å². The quantitative estimate of drug-likeness (QED) is 0.453. The maximum absolute atomic E-state index is 13.3. The monoisotopic (exact) mass is 432 g/mol. The number of fused-ring (bicyclic) bond motifs is 1. The number of thioether (sulfide) groups is 1. The van der Waals surface area contributed by atoms with Crippen molar-refractivity contribution >= 4 is 28.6 Å². The molecule has 1 saturated carbocycles. The van der Waals surface area contributed by atoms with Crippen molar-refractivity contribution < 1.29 is 4.79 Å². The topological polar surface area (TPSA) is 87.8 Å². The van der Waals surface area contributed by atoms with E-state index in [4.69, 9.17) is 0 Å². The second-order valence-corrected chi connectivity index (χ2v) is 8.94. The molecule has 1 atom stereocenters. The van der Waals surface area contributed by atoms with Crippen LogP contribution in [0.3, 0.4) is 0 Å². The molecule has 1 aromatic heterocycles. The van der Waals surface area contributed by atoms with Crippen molar-refractivity contribution in [3.63, 3.8) is 0 Å². The van der Waals surface area contributed by atoms with E-state index in [1.807, 2.05) is 36.4 Å². The highest BCUT2D eigenvalue weighted by atomic mass is 32.2. The lowest BCUT2D eigenvalue weighted by molar-refractivity contribution is -0.119. The number of carbonyl (C=O) groups excluding carboxylic acids is 1. The first kappa shape index (κ1) is 21.1. The van der Waals surface area contributed by atoms with Gasteiger partial charge in [0.15, 0.2) is 5.16 Å². The van der Waals surface area contributed by atoms with Gasteiger partial charge in [0.2, 0.25) is 5.91 Å². The predicted octanol–water partition coefficient (Wildman–Crippen LogP) is 3.85. The number of nitriles is 1. The van der Waals surface area contributed by atoms with E-state index < -0.39 is 5.54 Å². The second-order valence-electron chi connectivity index (χ2n) is 8.00. The van der Waals surface area contributed by atoms with Crippen molar-refractivity contribution in [3.8, 4) is 11.8 Å². The largest absolute Gasteiger partial charge is 0.337 e. The molecule has 0 bridgehead atoms. The molecule has 0 aliphatic heterocycles. The maximum Gasteiger partial charge on any atom is 0.266 e. The van der Waals surface area contributed by atoms with Crippen LogP contribution in [-0.4, -0.2) is 26.8 Å². The smallest absolute Gasteiger partial charge is 0.266 e. The summed E-state index contributed by atoms with van der Waals surface area (Å²) in [6, 6.07) is 17.2. The number of rotatable bonds is 7. The Balaban J connectivity index is 1.66. The van der Waals surface area contributed by atoms with Gasteiger partial charge in [0.05, 0.1) is 28.4 Å². The summed E-state index contributed by atoms with van der Waals surface area (Å²) in [4.78, 5) is 30.6. The SMILES string of the molecule is CCc1ccc(-n2c(SCC(=O)NC(C)(C#N)C3CC3)nc3ccccc3c2=O)cc1. The maximum atomic E-state index is 13.3. The number of nitrogens with one attached hydrogen (secondary N) is 1. The lowest BCUT2D eigenvalue weighted by Gasteiger charge is -2.22. The van der Waals surface area contributed by atoms with Crippen molar-refractivity contribution in [2.75, 3.05) is 5.75 Å². The van der Waals surface area contributed by atoms with Gasteiger partial charge in [0, 0.05) is 0 Å². The van der Waals surface area contributed by atoms with Gasteiger partial charge in [-0.25, -0.2) is 4.98 Å². The fourth-order valence-electron chi connectivity index (χ4n) is 3.66. The zero-order chi connectivity index (χ0) is 22.0. The molecule has 0 spiro atoms. The highest BCUT2D eigenvalue weighted by molar-refractivity contribution is 7.99. The first-order valence-corrected chi connectivity index (χ1v) is 11.4. The van der Waals surface area contributed by atoms with Crippen molar-refractivity contribution in [1.29, 1.82) is 5.26 Å². The molecule has 6 nitrogen and oxygen atoms in total. The number of hydrogen-bond acceptors (Lipinski definition) is 5. The predicted molar refractivity (Wildman–Crippen MR) is 122 cm³/mol. The zero-order valence-electron chi connectivity index (χ0n) is 17.6. The van der Waals surface area contributed by atoms with E-state index in [9.17, 15) is 14.9 Å². The molecule has 1 amide bonds. The molecule has 1 N–H and O–H groups in total. The van der Waals surface area contributed by atoms with Gasteiger partial charge in [-0.3, -0.25) is 14.2 Å². The Morgan fingerprint density at radius 2 is 1.97 bits per heavy atom. The minimum atomic E-state index is -0.843. The van der Waals surface area contributed by atoms with Gasteiger partial charge >= 0.3 is 0 Å². The number of hydrogen-bond donors (Lipinski definition) is 1. The lowest BCUT2D eigenvalue weighted by atomic mass is 9.98. The molecule has 0 saturated heterocycles. The number of nitrogens with zero attached hydrogens (tertiary/aromatic N) is 3. The number of aromatic nitrogens is 2. The van der Waals surface area contributed by atoms with Crippen LogP contribution in [-0.2, 0) is 11.2 Å². The number of amides is 1. The normalized spacial score (nSPS) is 15.3. The van der Waals surface area contributed by atoms with Crippen molar-refractivity contribution in [3.05, 3.63) is 64.4 Å². The summed E-state index contributed by atoms with van der Waals surface area (Å²) in [7, 11) is 0. The molecule has 2 aromatic carbocycles. The fourth-order valence-corrected chi connectivity index (χ4v) is 4.47. The molecular formula is C24H24N4O2S. The van der Waals surface area contributed by atoms with Crippen molar-refractivity contribution in [2.24, 2.45) is 5.92 Å².